The highest BCUT2D eigenvalue weighted by atomic mass is 127. The van der Waals surface area contributed by atoms with E-state index in [4.69, 9.17) is 5.11 Å². The molecular weight excluding hydrogens is 350 g/mol. The fraction of sp³-hybridized carbons (Fsp3) is 0. The van der Waals surface area contributed by atoms with Crippen LogP contribution in [0, 0.1) is 9.39 Å². The summed E-state index contributed by atoms with van der Waals surface area (Å²) in [4.78, 5) is 14.7. The molecule has 18 heavy (non-hydrogen) atoms. The van der Waals surface area contributed by atoms with Crippen LogP contribution in [0.2, 0.25) is 0 Å². The lowest BCUT2D eigenvalue weighted by molar-refractivity contribution is 0.0697. The van der Waals surface area contributed by atoms with E-state index >= 15 is 0 Å². The topological polar surface area (TPSA) is 62.2 Å². The van der Waals surface area contributed by atoms with Gasteiger partial charge in [-0.1, -0.05) is 0 Å². The summed E-state index contributed by atoms with van der Waals surface area (Å²) in [5.41, 5.74) is 0.525. The fourth-order valence-electron chi connectivity index (χ4n) is 1.41. The lowest BCUT2D eigenvalue weighted by Crippen LogP contribution is -2.04. The minimum absolute atomic E-state index is 0.00421. The molecule has 1 aromatic carbocycles. The van der Waals surface area contributed by atoms with Crippen molar-refractivity contribution in [1.29, 1.82) is 0 Å². The normalized spacial score (nSPS) is 10.1. The number of pyridine rings is 1. The maximum atomic E-state index is 13.6. The van der Waals surface area contributed by atoms with Gasteiger partial charge in [0.25, 0.3) is 0 Å². The molecule has 0 spiro atoms. The Kier molecular flexibility index (Phi) is 3.75. The predicted molar refractivity (Wildman–Crippen MR) is 73.6 cm³/mol. The van der Waals surface area contributed by atoms with E-state index in [1.165, 1.54) is 24.5 Å². The van der Waals surface area contributed by atoms with Crippen molar-refractivity contribution in [3.8, 4) is 0 Å². The summed E-state index contributed by atoms with van der Waals surface area (Å²) in [7, 11) is 0. The van der Waals surface area contributed by atoms with Gasteiger partial charge in [0.15, 0.2) is 0 Å². The molecule has 0 amide bonds. The maximum Gasteiger partial charge on any atom is 0.339 e. The van der Waals surface area contributed by atoms with Crippen LogP contribution in [-0.2, 0) is 0 Å². The first-order valence-corrected chi connectivity index (χ1v) is 6.05. The molecule has 4 nitrogen and oxygen atoms in total. The zero-order chi connectivity index (χ0) is 13.1. The van der Waals surface area contributed by atoms with Crippen LogP contribution < -0.4 is 5.32 Å². The van der Waals surface area contributed by atoms with Crippen molar-refractivity contribution in [1.82, 2.24) is 4.98 Å². The molecule has 0 atom stereocenters. The SMILES string of the molecule is O=C(O)c1cnccc1Nc1ccc(I)cc1F. The predicted octanol–water partition coefficient (Wildman–Crippen LogP) is 3.27. The van der Waals surface area contributed by atoms with Gasteiger partial charge in [-0.15, -0.1) is 0 Å². The lowest BCUT2D eigenvalue weighted by Gasteiger charge is -2.09. The van der Waals surface area contributed by atoms with Crippen molar-refractivity contribution in [3.05, 3.63) is 51.6 Å². The third-order valence-electron chi connectivity index (χ3n) is 2.25. The molecule has 6 heteroatoms. The molecule has 0 aliphatic heterocycles. The van der Waals surface area contributed by atoms with Gasteiger partial charge >= 0.3 is 5.97 Å². The number of halogens is 2. The van der Waals surface area contributed by atoms with Crippen LogP contribution in [0.5, 0.6) is 0 Å². The number of carboxylic acids is 1. The number of hydrogen-bond donors (Lipinski definition) is 2. The third kappa shape index (κ3) is 2.76. The second-order valence-electron chi connectivity index (χ2n) is 3.48. The molecule has 0 aliphatic rings. The molecule has 0 saturated carbocycles. The van der Waals surface area contributed by atoms with Crippen LogP contribution >= 0.6 is 22.6 Å². The molecule has 1 aromatic heterocycles. The molecule has 2 N–H and O–H groups in total. The van der Waals surface area contributed by atoms with Crippen molar-refractivity contribution in [2.75, 3.05) is 5.32 Å². The molecule has 0 unspecified atom stereocenters. The number of aromatic carboxylic acids is 1. The van der Waals surface area contributed by atoms with Gasteiger partial charge in [-0.2, -0.15) is 0 Å². The van der Waals surface area contributed by atoms with Crippen molar-refractivity contribution in [2.45, 2.75) is 0 Å². The Bertz CT molecular complexity index is 604. The standard InChI is InChI=1S/C12H8FIN2O2/c13-9-5-7(14)1-2-11(9)16-10-3-4-15-6-8(10)12(17)18/h1-6H,(H,15,16)(H,17,18). The van der Waals surface area contributed by atoms with E-state index in [1.807, 2.05) is 22.6 Å². The average Bonchev–Trinajstić information content (AvgIpc) is 2.33. The summed E-state index contributed by atoms with van der Waals surface area (Å²) in [6.45, 7) is 0. The Hall–Kier alpha value is -1.70. The van der Waals surface area contributed by atoms with Gasteiger partial charge in [0.1, 0.15) is 11.4 Å². The van der Waals surface area contributed by atoms with Gasteiger partial charge in [0, 0.05) is 16.0 Å². The van der Waals surface area contributed by atoms with E-state index in [2.05, 4.69) is 10.3 Å². The number of aromatic nitrogens is 1. The number of carbonyl (C=O) groups is 1. The highest BCUT2D eigenvalue weighted by molar-refractivity contribution is 14.1. The van der Waals surface area contributed by atoms with Crippen LogP contribution in [0.25, 0.3) is 0 Å². The van der Waals surface area contributed by atoms with Crippen molar-refractivity contribution in [2.24, 2.45) is 0 Å². The summed E-state index contributed by atoms with van der Waals surface area (Å²) in [5.74, 6) is -1.55. The van der Waals surface area contributed by atoms with E-state index in [0.29, 0.717) is 5.69 Å². The smallest absolute Gasteiger partial charge is 0.339 e. The van der Waals surface area contributed by atoms with Crippen molar-refractivity contribution in [3.63, 3.8) is 0 Å². The number of benzene rings is 1. The zero-order valence-corrected chi connectivity index (χ0v) is 11.2. The molecule has 0 saturated heterocycles. The molecule has 0 aliphatic carbocycles. The lowest BCUT2D eigenvalue weighted by atomic mass is 10.2. The molecule has 0 bridgehead atoms. The van der Waals surface area contributed by atoms with E-state index in [9.17, 15) is 9.18 Å². The monoisotopic (exact) mass is 358 g/mol. The maximum absolute atomic E-state index is 13.6. The van der Waals surface area contributed by atoms with Gasteiger partial charge in [0.05, 0.1) is 11.4 Å². The number of rotatable bonds is 3. The molecule has 0 fully saturated rings. The molecular formula is C12H8FIN2O2. The van der Waals surface area contributed by atoms with Crippen LogP contribution in [0.3, 0.4) is 0 Å². The second-order valence-corrected chi connectivity index (χ2v) is 4.72. The fourth-order valence-corrected chi connectivity index (χ4v) is 1.86. The largest absolute Gasteiger partial charge is 0.478 e. The van der Waals surface area contributed by atoms with E-state index in [0.717, 1.165) is 3.57 Å². The first-order chi connectivity index (χ1) is 8.58. The Morgan fingerprint density at radius 3 is 2.78 bits per heavy atom. The van der Waals surface area contributed by atoms with E-state index in [-0.39, 0.29) is 11.3 Å². The number of carboxylic acid groups (broad SMARTS) is 1. The molecule has 0 radical (unpaired) electrons. The second kappa shape index (κ2) is 5.30. The first-order valence-electron chi connectivity index (χ1n) is 4.97. The number of hydrogen-bond acceptors (Lipinski definition) is 3. The summed E-state index contributed by atoms with van der Waals surface area (Å²) in [6.07, 6.45) is 2.66. The van der Waals surface area contributed by atoms with Gasteiger partial charge in [-0.3, -0.25) is 4.98 Å². The van der Waals surface area contributed by atoms with E-state index < -0.39 is 11.8 Å². The third-order valence-corrected chi connectivity index (χ3v) is 2.92. The van der Waals surface area contributed by atoms with Crippen molar-refractivity contribution >= 4 is 39.9 Å². The first kappa shape index (κ1) is 12.7. The van der Waals surface area contributed by atoms with Crippen LogP contribution in [0.15, 0.2) is 36.7 Å². The Balaban J connectivity index is 2.37. The Morgan fingerprint density at radius 2 is 2.11 bits per heavy atom. The molecule has 92 valence electrons. The summed E-state index contributed by atoms with van der Waals surface area (Å²) in [5, 5.41) is 11.7. The summed E-state index contributed by atoms with van der Waals surface area (Å²) in [6, 6.07) is 6.14. The van der Waals surface area contributed by atoms with Crippen LogP contribution in [0.4, 0.5) is 15.8 Å². The van der Waals surface area contributed by atoms with Crippen molar-refractivity contribution < 1.29 is 14.3 Å². The quantitative estimate of drug-likeness (QED) is 0.827. The Labute approximate surface area is 116 Å². The minimum Gasteiger partial charge on any atom is -0.478 e. The van der Waals surface area contributed by atoms with E-state index in [1.54, 1.807) is 12.1 Å². The average molecular weight is 358 g/mol. The molecule has 2 aromatic rings. The minimum atomic E-state index is -1.11. The van der Waals surface area contributed by atoms with Gasteiger partial charge in [-0.05, 0) is 46.9 Å². The van der Waals surface area contributed by atoms with Crippen LogP contribution in [0.1, 0.15) is 10.4 Å². The summed E-state index contributed by atoms with van der Waals surface area (Å²) >= 11 is 2.00. The Morgan fingerprint density at radius 1 is 1.33 bits per heavy atom. The van der Waals surface area contributed by atoms with Gasteiger partial charge < -0.3 is 10.4 Å². The molecule has 2 rings (SSSR count). The van der Waals surface area contributed by atoms with Crippen LogP contribution in [-0.4, -0.2) is 16.1 Å². The van der Waals surface area contributed by atoms with Gasteiger partial charge in [0.2, 0.25) is 0 Å². The molecule has 1 heterocycles. The van der Waals surface area contributed by atoms with Gasteiger partial charge in [-0.25, -0.2) is 9.18 Å². The number of nitrogens with zero attached hydrogens (tertiary/aromatic N) is 1. The highest BCUT2D eigenvalue weighted by Gasteiger charge is 2.11. The summed E-state index contributed by atoms with van der Waals surface area (Å²) < 4.78 is 14.4. The highest BCUT2D eigenvalue weighted by Crippen LogP contribution is 2.23. The number of nitrogens with one attached hydrogen (secondary N) is 1. The number of anilines is 2. The zero-order valence-electron chi connectivity index (χ0n) is 9.02.